The molecule has 0 aliphatic heterocycles. The first-order valence-corrected chi connectivity index (χ1v) is 7.65. The van der Waals surface area contributed by atoms with E-state index in [1.807, 2.05) is 27.7 Å². The molecule has 0 aromatic carbocycles. The van der Waals surface area contributed by atoms with Crippen molar-refractivity contribution in [3.63, 3.8) is 0 Å². The molecule has 6 nitrogen and oxygen atoms in total. The number of carbonyl (C=O) groups is 2. The van der Waals surface area contributed by atoms with E-state index >= 15 is 0 Å². The van der Waals surface area contributed by atoms with Crippen molar-refractivity contribution in [1.29, 1.82) is 0 Å². The monoisotopic (exact) mass is 318 g/mol. The fraction of sp³-hybridized carbons (Fsp3) is 0.875. The van der Waals surface area contributed by atoms with Gasteiger partial charge in [0.15, 0.2) is 0 Å². The van der Waals surface area contributed by atoms with E-state index in [9.17, 15) is 9.59 Å². The van der Waals surface area contributed by atoms with Gasteiger partial charge >= 0.3 is 11.9 Å². The van der Waals surface area contributed by atoms with E-state index < -0.39 is 23.1 Å². The Morgan fingerprint density at radius 3 is 1.23 bits per heavy atom. The molecule has 0 aromatic rings. The van der Waals surface area contributed by atoms with Gasteiger partial charge in [-0.1, -0.05) is 27.7 Å². The van der Waals surface area contributed by atoms with Gasteiger partial charge in [-0.25, -0.2) is 9.59 Å². The predicted molar refractivity (Wildman–Crippen MR) is 81.4 cm³/mol. The summed E-state index contributed by atoms with van der Waals surface area (Å²) >= 11 is 0. The van der Waals surface area contributed by atoms with Crippen molar-refractivity contribution in [1.82, 2.24) is 0 Å². The van der Waals surface area contributed by atoms with Crippen molar-refractivity contribution in [2.45, 2.75) is 79.4 Å². The summed E-state index contributed by atoms with van der Waals surface area (Å²) in [6.07, 6.45) is 1.12. The highest BCUT2D eigenvalue weighted by Gasteiger charge is 2.30. The fourth-order valence-electron chi connectivity index (χ4n) is 1.19. The maximum absolute atomic E-state index is 11.4. The molecule has 0 aliphatic carbocycles. The van der Waals surface area contributed by atoms with Crippen molar-refractivity contribution >= 4 is 11.9 Å². The Kier molecular flexibility index (Phi) is 8.04. The number of hydrogen-bond acceptors (Lipinski definition) is 6. The Morgan fingerprint density at radius 1 is 0.727 bits per heavy atom. The van der Waals surface area contributed by atoms with Gasteiger partial charge in [-0.15, -0.1) is 0 Å². The van der Waals surface area contributed by atoms with Gasteiger partial charge in [0, 0.05) is 0 Å². The van der Waals surface area contributed by atoms with Gasteiger partial charge in [0.25, 0.3) is 0 Å². The Hall–Kier alpha value is -1.14. The molecule has 0 aliphatic rings. The standard InChI is InChI=1S/C16H30O6/c1-11(2)13(17)19-21-15(5,6)9-10-16(7,8)22-20-14(18)12(3)4/h11-12H,9-10H2,1-8H3. The maximum atomic E-state index is 11.4. The zero-order chi connectivity index (χ0) is 17.6. The van der Waals surface area contributed by atoms with Crippen LogP contribution in [0.15, 0.2) is 0 Å². The lowest BCUT2D eigenvalue weighted by molar-refractivity contribution is -0.342. The SMILES string of the molecule is CC(C)C(=O)OOC(C)(C)CCC(C)(C)OOC(=O)C(C)C. The Morgan fingerprint density at radius 2 is 1.00 bits per heavy atom. The van der Waals surface area contributed by atoms with Crippen LogP contribution in [0, 0.1) is 11.8 Å². The second kappa shape index (κ2) is 8.48. The summed E-state index contributed by atoms with van der Waals surface area (Å²) in [6.45, 7) is 14.2. The lowest BCUT2D eigenvalue weighted by Crippen LogP contribution is -2.33. The molecule has 0 N–H and O–H groups in total. The van der Waals surface area contributed by atoms with Gasteiger partial charge in [-0.3, -0.25) is 9.78 Å². The summed E-state index contributed by atoms with van der Waals surface area (Å²) in [4.78, 5) is 42.8. The Labute approximate surface area is 133 Å². The van der Waals surface area contributed by atoms with E-state index in [0.29, 0.717) is 12.8 Å². The predicted octanol–water partition coefficient (Wildman–Crippen LogP) is 3.59. The summed E-state index contributed by atoms with van der Waals surface area (Å²) < 4.78 is 0. The third-order valence-electron chi connectivity index (χ3n) is 2.97. The van der Waals surface area contributed by atoms with Gasteiger partial charge in [-0.05, 0) is 40.5 Å². The first-order valence-electron chi connectivity index (χ1n) is 7.65. The average molecular weight is 318 g/mol. The molecule has 0 unspecified atom stereocenters. The molecular weight excluding hydrogens is 288 g/mol. The van der Waals surface area contributed by atoms with E-state index in [1.54, 1.807) is 27.7 Å². The largest absolute Gasteiger partial charge is 0.344 e. The minimum atomic E-state index is -0.659. The zero-order valence-corrected chi connectivity index (χ0v) is 15.0. The Bertz CT molecular complexity index is 335. The molecule has 0 fully saturated rings. The van der Waals surface area contributed by atoms with Crippen molar-refractivity contribution in [3.05, 3.63) is 0 Å². The zero-order valence-electron chi connectivity index (χ0n) is 15.0. The van der Waals surface area contributed by atoms with Gasteiger partial charge in [0.1, 0.15) is 11.2 Å². The highest BCUT2D eigenvalue weighted by molar-refractivity contribution is 5.71. The van der Waals surface area contributed by atoms with Gasteiger partial charge in [-0.2, -0.15) is 9.78 Å². The lowest BCUT2D eigenvalue weighted by Gasteiger charge is -2.28. The Balaban J connectivity index is 4.26. The van der Waals surface area contributed by atoms with Gasteiger partial charge in [0.2, 0.25) is 0 Å². The maximum Gasteiger partial charge on any atom is 0.344 e. The first-order chi connectivity index (χ1) is 9.86. The van der Waals surface area contributed by atoms with Gasteiger partial charge in [0.05, 0.1) is 11.8 Å². The summed E-state index contributed by atoms with van der Waals surface area (Å²) in [5.74, 6) is -1.30. The van der Waals surface area contributed by atoms with Crippen LogP contribution in [0.4, 0.5) is 0 Å². The van der Waals surface area contributed by atoms with Crippen LogP contribution in [0.1, 0.15) is 68.2 Å². The highest BCUT2D eigenvalue weighted by atomic mass is 17.2. The molecule has 0 heterocycles. The molecule has 0 saturated heterocycles. The molecule has 0 bridgehead atoms. The average Bonchev–Trinajstić information content (AvgIpc) is 2.40. The van der Waals surface area contributed by atoms with E-state index in [1.165, 1.54) is 0 Å². The van der Waals surface area contributed by atoms with E-state index in [-0.39, 0.29) is 11.8 Å². The van der Waals surface area contributed by atoms with E-state index in [2.05, 4.69) is 0 Å². The minimum Gasteiger partial charge on any atom is -0.298 e. The van der Waals surface area contributed by atoms with Crippen LogP contribution in [0.2, 0.25) is 0 Å². The first kappa shape index (κ1) is 20.9. The summed E-state index contributed by atoms with van der Waals surface area (Å²) in [7, 11) is 0. The minimum absolute atomic E-state index is 0.244. The number of rotatable bonds is 9. The normalized spacial score (nSPS) is 12.6. The van der Waals surface area contributed by atoms with Crippen molar-refractivity contribution in [2.24, 2.45) is 11.8 Å². The fourth-order valence-corrected chi connectivity index (χ4v) is 1.19. The molecule has 6 heteroatoms. The summed E-state index contributed by atoms with van der Waals surface area (Å²) in [5, 5.41) is 0. The second-order valence-corrected chi connectivity index (χ2v) is 7.30. The van der Waals surface area contributed by atoms with Crippen LogP contribution in [-0.4, -0.2) is 23.1 Å². The second-order valence-electron chi connectivity index (χ2n) is 7.30. The van der Waals surface area contributed by atoms with Crippen LogP contribution >= 0.6 is 0 Å². The topological polar surface area (TPSA) is 71.1 Å². The van der Waals surface area contributed by atoms with Crippen molar-refractivity contribution < 1.29 is 29.1 Å². The third-order valence-corrected chi connectivity index (χ3v) is 2.97. The van der Waals surface area contributed by atoms with Crippen molar-refractivity contribution in [3.8, 4) is 0 Å². The van der Waals surface area contributed by atoms with E-state index in [0.717, 1.165) is 0 Å². The summed E-state index contributed by atoms with van der Waals surface area (Å²) in [5.41, 5.74) is -1.32. The molecule has 22 heavy (non-hydrogen) atoms. The van der Waals surface area contributed by atoms with Crippen molar-refractivity contribution in [2.75, 3.05) is 0 Å². The molecule has 0 rings (SSSR count). The smallest absolute Gasteiger partial charge is 0.298 e. The molecule has 0 amide bonds. The van der Waals surface area contributed by atoms with Crippen LogP contribution < -0.4 is 0 Å². The van der Waals surface area contributed by atoms with Gasteiger partial charge < -0.3 is 0 Å². The quantitative estimate of drug-likeness (QED) is 0.478. The van der Waals surface area contributed by atoms with Crippen LogP contribution in [-0.2, 0) is 29.1 Å². The molecule has 0 aromatic heterocycles. The highest BCUT2D eigenvalue weighted by Crippen LogP contribution is 2.25. The summed E-state index contributed by atoms with van der Waals surface area (Å²) in [6, 6.07) is 0. The molecular formula is C16H30O6. The third kappa shape index (κ3) is 9.00. The van der Waals surface area contributed by atoms with Crippen LogP contribution in [0.3, 0.4) is 0 Å². The number of carbonyl (C=O) groups excluding carboxylic acids is 2. The molecule has 0 saturated carbocycles. The lowest BCUT2D eigenvalue weighted by atomic mass is 9.94. The number of hydrogen-bond donors (Lipinski definition) is 0. The molecule has 0 spiro atoms. The molecule has 0 atom stereocenters. The van der Waals surface area contributed by atoms with E-state index in [4.69, 9.17) is 19.6 Å². The molecule has 130 valence electrons. The molecule has 0 radical (unpaired) electrons. The van der Waals surface area contributed by atoms with Crippen LogP contribution in [0.5, 0.6) is 0 Å². The van der Waals surface area contributed by atoms with Crippen LogP contribution in [0.25, 0.3) is 0 Å².